The van der Waals surface area contributed by atoms with Gasteiger partial charge in [-0.1, -0.05) is 95.0 Å². The van der Waals surface area contributed by atoms with E-state index in [0.717, 1.165) is 44.1 Å². The van der Waals surface area contributed by atoms with Crippen LogP contribution in [-0.4, -0.2) is 29.3 Å². The summed E-state index contributed by atoms with van der Waals surface area (Å²) in [6.45, 7) is 4.02. The maximum atomic E-state index is 11.5. The van der Waals surface area contributed by atoms with Crippen molar-refractivity contribution in [3.8, 4) is 0 Å². The van der Waals surface area contributed by atoms with Crippen molar-refractivity contribution in [3.63, 3.8) is 0 Å². The van der Waals surface area contributed by atoms with Crippen molar-refractivity contribution in [1.82, 2.24) is 0 Å². The molecule has 2 atom stereocenters. The average Bonchev–Trinajstić information content (AvgIpc) is 2.77. The molecule has 0 saturated heterocycles. The molecule has 182 valence electrons. The minimum atomic E-state index is -0.909. The van der Waals surface area contributed by atoms with Gasteiger partial charge in [-0.15, -0.1) is 0 Å². The van der Waals surface area contributed by atoms with Crippen LogP contribution in [0, 0.1) is 0 Å². The van der Waals surface area contributed by atoms with Gasteiger partial charge in [0.1, 0.15) is 6.10 Å². The van der Waals surface area contributed by atoms with Crippen LogP contribution in [-0.2, 0) is 25.7 Å². The Kier molecular flexibility index (Phi) is 16.4. The van der Waals surface area contributed by atoms with Crippen molar-refractivity contribution in [3.05, 3.63) is 35.9 Å². The van der Waals surface area contributed by atoms with Gasteiger partial charge in [0.15, 0.2) is 6.10 Å². The van der Waals surface area contributed by atoms with Gasteiger partial charge in [0.05, 0.1) is 6.61 Å². The number of carbonyl (C=O) groups is 2. The topological polar surface area (TPSA) is 72.8 Å². The molecule has 0 heterocycles. The molecule has 1 aromatic rings. The first-order chi connectivity index (χ1) is 15.5. The summed E-state index contributed by atoms with van der Waals surface area (Å²) in [6.07, 6.45) is 14.2. The molecule has 0 aliphatic carbocycles. The quantitative estimate of drug-likeness (QED) is 0.171. The molecular weight excluding hydrogens is 404 g/mol. The average molecular weight is 449 g/mol. The van der Waals surface area contributed by atoms with Gasteiger partial charge in [0.25, 0.3) is 0 Å². The number of carbonyl (C=O) groups excluding carboxylic acids is 1. The van der Waals surface area contributed by atoms with Gasteiger partial charge in [0, 0.05) is 6.92 Å². The molecule has 0 bridgehead atoms. The first kappa shape index (κ1) is 28.2. The lowest BCUT2D eigenvalue weighted by Gasteiger charge is -2.17. The number of aliphatic carboxylic acids is 1. The maximum absolute atomic E-state index is 11.5. The van der Waals surface area contributed by atoms with E-state index in [0.29, 0.717) is 13.0 Å². The highest BCUT2D eigenvalue weighted by atomic mass is 16.5. The normalized spacial score (nSPS) is 12.9. The first-order valence-electron chi connectivity index (χ1n) is 12.6. The van der Waals surface area contributed by atoms with Crippen molar-refractivity contribution >= 4 is 11.9 Å². The van der Waals surface area contributed by atoms with E-state index in [2.05, 4.69) is 6.92 Å². The van der Waals surface area contributed by atoms with E-state index in [1.54, 1.807) is 0 Å². The van der Waals surface area contributed by atoms with E-state index in [4.69, 9.17) is 9.47 Å². The highest BCUT2D eigenvalue weighted by Crippen LogP contribution is 2.18. The number of carboxylic acid groups (broad SMARTS) is 1. The Labute approximate surface area is 194 Å². The van der Waals surface area contributed by atoms with E-state index >= 15 is 0 Å². The third-order valence-corrected chi connectivity index (χ3v) is 5.77. The lowest BCUT2D eigenvalue weighted by Crippen LogP contribution is -2.23. The highest BCUT2D eigenvalue weighted by Gasteiger charge is 2.18. The second-order valence-corrected chi connectivity index (χ2v) is 8.76. The molecule has 1 N–H and O–H groups in total. The lowest BCUT2D eigenvalue weighted by atomic mass is 10.0. The number of rotatable bonds is 20. The number of hydrogen-bond donors (Lipinski definition) is 1. The molecule has 2 unspecified atom stereocenters. The van der Waals surface area contributed by atoms with Crippen LogP contribution in [0.3, 0.4) is 0 Å². The molecule has 0 spiro atoms. The summed E-state index contributed by atoms with van der Waals surface area (Å²) in [5.41, 5.74) is 0.976. The number of carboxylic acids is 1. The van der Waals surface area contributed by atoms with Gasteiger partial charge in [-0.2, -0.15) is 0 Å². The Morgan fingerprint density at radius 2 is 1.34 bits per heavy atom. The summed E-state index contributed by atoms with van der Waals surface area (Å²) in [6, 6.07) is 9.63. The fraction of sp³-hybridized carbons (Fsp3) is 0.704. The number of ether oxygens (including phenoxy) is 2. The van der Waals surface area contributed by atoms with Crippen LogP contribution in [0.15, 0.2) is 30.3 Å². The molecule has 32 heavy (non-hydrogen) atoms. The summed E-state index contributed by atoms with van der Waals surface area (Å²) >= 11 is 0. The van der Waals surface area contributed by atoms with Crippen LogP contribution in [0.2, 0.25) is 0 Å². The van der Waals surface area contributed by atoms with Crippen molar-refractivity contribution < 1.29 is 24.2 Å². The van der Waals surface area contributed by atoms with Crippen LogP contribution >= 0.6 is 0 Å². The van der Waals surface area contributed by atoms with Crippen LogP contribution in [0.4, 0.5) is 0 Å². The molecule has 1 aromatic carbocycles. The summed E-state index contributed by atoms with van der Waals surface area (Å²) in [7, 11) is 0. The third-order valence-electron chi connectivity index (χ3n) is 5.77. The molecule has 0 radical (unpaired) electrons. The zero-order valence-electron chi connectivity index (χ0n) is 20.2. The molecule has 0 aliphatic heterocycles. The molecule has 5 nitrogen and oxygen atoms in total. The fourth-order valence-corrected chi connectivity index (χ4v) is 3.93. The summed E-state index contributed by atoms with van der Waals surface area (Å²) in [4.78, 5) is 22.9. The predicted molar refractivity (Wildman–Crippen MR) is 129 cm³/mol. The number of benzene rings is 1. The number of esters is 1. The van der Waals surface area contributed by atoms with Gasteiger partial charge >= 0.3 is 11.9 Å². The van der Waals surface area contributed by atoms with Crippen LogP contribution in [0.1, 0.15) is 109 Å². The largest absolute Gasteiger partial charge is 0.479 e. The van der Waals surface area contributed by atoms with E-state index in [9.17, 15) is 14.7 Å². The van der Waals surface area contributed by atoms with Gasteiger partial charge < -0.3 is 14.6 Å². The first-order valence-corrected chi connectivity index (χ1v) is 12.6. The van der Waals surface area contributed by atoms with E-state index in [1.807, 2.05) is 30.3 Å². The minimum absolute atomic E-state index is 0.0165. The smallest absolute Gasteiger partial charge is 0.332 e. The fourth-order valence-electron chi connectivity index (χ4n) is 3.93. The summed E-state index contributed by atoms with van der Waals surface area (Å²) in [5, 5.41) is 9.41. The van der Waals surface area contributed by atoms with Crippen molar-refractivity contribution in [2.75, 3.05) is 0 Å². The molecule has 0 fully saturated rings. The summed E-state index contributed by atoms with van der Waals surface area (Å²) < 4.78 is 11.1. The number of hydrogen-bond acceptors (Lipinski definition) is 4. The second kappa shape index (κ2) is 18.7. The molecule has 0 saturated carbocycles. The molecule has 1 rings (SSSR count). The Bertz CT molecular complexity index is 601. The maximum Gasteiger partial charge on any atom is 0.332 e. The van der Waals surface area contributed by atoms with Gasteiger partial charge in [0.2, 0.25) is 0 Å². The lowest BCUT2D eigenvalue weighted by molar-refractivity contribution is -0.152. The standard InChI is InChI=1S/C27H44O5/c1-3-4-5-6-7-8-9-14-19-25(32-23(2)28)20-15-11-16-21-26(27(29)30)31-22-24-17-12-10-13-18-24/h10,12-13,17-18,25-26H,3-9,11,14-16,19-22H2,1-2H3,(H,29,30). The van der Waals surface area contributed by atoms with Crippen LogP contribution in [0.25, 0.3) is 0 Å². The Morgan fingerprint density at radius 3 is 1.91 bits per heavy atom. The SMILES string of the molecule is CCCCCCCCCCC(CCCCCC(OCc1ccccc1)C(=O)O)OC(C)=O. The zero-order chi connectivity index (χ0) is 23.4. The zero-order valence-corrected chi connectivity index (χ0v) is 20.2. The minimum Gasteiger partial charge on any atom is -0.479 e. The van der Waals surface area contributed by atoms with Gasteiger partial charge in [-0.25, -0.2) is 4.79 Å². The van der Waals surface area contributed by atoms with Gasteiger partial charge in [-0.05, 0) is 37.7 Å². The van der Waals surface area contributed by atoms with E-state index in [-0.39, 0.29) is 12.1 Å². The second-order valence-electron chi connectivity index (χ2n) is 8.76. The van der Waals surface area contributed by atoms with Crippen molar-refractivity contribution in [2.24, 2.45) is 0 Å². The van der Waals surface area contributed by atoms with Gasteiger partial charge in [-0.3, -0.25) is 4.79 Å². The van der Waals surface area contributed by atoms with Crippen LogP contribution < -0.4 is 0 Å². The highest BCUT2D eigenvalue weighted by molar-refractivity contribution is 5.72. The molecule has 0 aliphatic rings. The monoisotopic (exact) mass is 448 g/mol. The van der Waals surface area contributed by atoms with E-state index in [1.165, 1.54) is 51.9 Å². The molecule has 0 aromatic heterocycles. The van der Waals surface area contributed by atoms with E-state index < -0.39 is 12.1 Å². The Morgan fingerprint density at radius 1 is 0.812 bits per heavy atom. The number of unbranched alkanes of at least 4 members (excludes halogenated alkanes) is 9. The summed E-state index contributed by atoms with van der Waals surface area (Å²) in [5.74, 6) is -1.12. The predicted octanol–water partition coefficient (Wildman–Crippen LogP) is 7.07. The molecular formula is C27H44O5. The molecule has 0 amide bonds. The Hall–Kier alpha value is -1.88. The molecule has 5 heteroatoms. The van der Waals surface area contributed by atoms with Crippen LogP contribution in [0.5, 0.6) is 0 Å². The Balaban J connectivity index is 2.20. The third kappa shape index (κ3) is 15.0. The van der Waals surface area contributed by atoms with Crippen molar-refractivity contribution in [1.29, 1.82) is 0 Å². The van der Waals surface area contributed by atoms with Crippen molar-refractivity contribution in [2.45, 2.75) is 123 Å².